The SMILES string of the molecule is CC(C)(C)OCCC1CSCC1=O. The van der Waals surface area contributed by atoms with Crippen molar-refractivity contribution in [3.05, 3.63) is 0 Å². The fourth-order valence-electron chi connectivity index (χ4n) is 1.26. The number of ketones is 1. The van der Waals surface area contributed by atoms with Gasteiger partial charge in [-0.1, -0.05) is 0 Å². The van der Waals surface area contributed by atoms with Gasteiger partial charge >= 0.3 is 0 Å². The molecule has 0 aromatic rings. The van der Waals surface area contributed by atoms with E-state index in [1.165, 1.54) is 0 Å². The van der Waals surface area contributed by atoms with Gasteiger partial charge in [0.2, 0.25) is 0 Å². The van der Waals surface area contributed by atoms with Crippen LogP contribution >= 0.6 is 11.8 Å². The molecule has 76 valence electrons. The second kappa shape index (κ2) is 4.47. The van der Waals surface area contributed by atoms with Crippen LogP contribution in [0.1, 0.15) is 27.2 Å². The summed E-state index contributed by atoms with van der Waals surface area (Å²) in [5.41, 5.74) is -0.0746. The van der Waals surface area contributed by atoms with Gasteiger partial charge < -0.3 is 4.74 Å². The van der Waals surface area contributed by atoms with Gasteiger partial charge in [0.25, 0.3) is 0 Å². The number of carbonyl (C=O) groups excluding carboxylic acids is 1. The van der Waals surface area contributed by atoms with Crippen LogP contribution in [0, 0.1) is 5.92 Å². The molecule has 1 fully saturated rings. The second-order valence-corrected chi connectivity index (χ2v) is 5.46. The molecule has 0 N–H and O–H groups in total. The van der Waals surface area contributed by atoms with Crippen molar-refractivity contribution in [3.8, 4) is 0 Å². The van der Waals surface area contributed by atoms with Crippen molar-refractivity contribution in [2.24, 2.45) is 5.92 Å². The summed E-state index contributed by atoms with van der Waals surface area (Å²) >= 11 is 1.74. The van der Waals surface area contributed by atoms with Gasteiger partial charge in [-0.3, -0.25) is 4.79 Å². The highest BCUT2D eigenvalue weighted by Gasteiger charge is 2.24. The third-order valence-electron chi connectivity index (χ3n) is 2.02. The number of hydrogen-bond acceptors (Lipinski definition) is 3. The number of rotatable bonds is 3. The number of thioether (sulfide) groups is 1. The maximum atomic E-state index is 11.3. The third kappa shape index (κ3) is 4.14. The zero-order valence-corrected chi connectivity index (χ0v) is 9.45. The Kier molecular flexibility index (Phi) is 3.80. The molecule has 1 rings (SSSR count). The molecule has 0 aromatic carbocycles. The third-order valence-corrected chi connectivity index (χ3v) is 3.15. The molecule has 0 bridgehead atoms. The van der Waals surface area contributed by atoms with Crippen LogP contribution in [0.5, 0.6) is 0 Å². The van der Waals surface area contributed by atoms with Crippen LogP contribution in [0.3, 0.4) is 0 Å². The first-order chi connectivity index (χ1) is 5.99. The monoisotopic (exact) mass is 202 g/mol. The zero-order chi connectivity index (χ0) is 9.90. The smallest absolute Gasteiger partial charge is 0.146 e. The highest BCUT2D eigenvalue weighted by atomic mass is 32.2. The molecule has 0 saturated carbocycles. The lowest BCUT2D eigenvalue weighted by molar-refractivity contribution is -0.120. The van der Waals surface area contributed by atoms with Crippen LogP contribution in [0.4, 0.5) is 0 Å². The minimum atomic E-state index is -0.0746. The Labute approximate surface area is 84.4 Å². The van der Waals surface area contributed by atoms with Gasteiger partial charge in [-0.2, -0.15) is 11.8 Å². The van der Waals surface area contributed by atoms with Gasteiger partial charge in [0.05, 0.1) is 11.4 Å². The molecular formula is C10H18O2S. The fraction of sp³-hybridized carbons (Fsp3) is 0.900. The van der Waals surface area contributed by atoms with Gasteiger partial charge in [0.1, 0.15) is 5.78 Å². The molecule has 0 aromatic heterocycles. The van der Waals surface area contributed by atoms with Crippen LogP contribution in [0.15, 0.2) is 0 Å². The molecule has 13 heavy (non-hydrogen) atoms. The largest absolute Gasteiger partial charge is 0.376 e. The Morgan fingerprint density at radius 1 is 1.54 bits per heavy atom. The van der Waals surface area contributed by atoms with E-state index >= 15 is 0 Å². The van der Waals surface area contributed by atoms with Gasteiger partial charge in [-0.15, -0.1) is 0 Å². The number of hydrogen-bond donors (Lipinski definition) is 0. The van der Waals surface area contributed by atoms with E-state index in [2.05, 4.69) is 0 Å². The fourth-order valence-corrected chi connectivity index (χ4v) is 2.46. The summed E-state index contributed by atoms with van der Waals surface area (Å²) in [5, 5.41) is 0. The maximum Gasteiger partial charge on any atom is 0.146 e. The first-order valence-corrected chi connectivity index (χ1v) is 5.89. The topological polar surface area (TPSA) is 26.3 Å². The van der Waals surface area contributed by atoms with Crippen molar-refractivity contribution in [1.29, 1.82) is 0 Å². The van der Waals surface area contributed by atoms with Crippen molar-refractivity contribution in [2.75, 3.05) is 18.1 Å². The standard InChI is InChI=1S/C10H18O2S/c1-10(2,3)12-5-4-8-6-13-7-9(8)11/h8H,4-7H2,1-3H3. The summed E-state index contributed by atoms with van der Waals surface area (Å²) < 4.78 is 5.58. The normalized spacial score (nSPS) is 23.9. The summed E-state index contributed by atoms with van der Waals surface area (Å²) in [7, 11) is 0. The Balaban J connectivity index is 2.16. The summed E-state index contributed by atoms with van der Waals surface area (Å²) in [6.45, 7) is 6.83. The molecule has 0 spiro atoms. The van der Waals surface area contributed by atoms with E-state index in [0.29, 0.717) is 18.1 Å². The summed E-state index contributed by atoms with van der Waals surface area (Å²) in [6, 6.07) is 0. The Hall–Kier alpha value is -0.0200. The maximum absolute atomic E-state index is 11.3. The zero-order valence-electron chi connectivity index (χ0n) is 8.63. The minimum absolute atomic E-state index is 0.0746. The molecule has 1 atom stereocenters. The van der Waals surface area contributed by atoms with Crippen molar-refractivity contribution in [2.45, 2.75) is 32.8 Å². The second-order valence-electron chi connectivity index (χ2n) is 4.43. The van der Waals surface area contributed by atoms with Crippen LogP contribution in [-0.4, -0.2) is 29.5 Å². The van der Waals surface area contributed by atoms with Crippen molar-refractivity contribution < 1.29 is 9.53 Å². The van der Waals surface area contributed by atoms with Crippen molar-refractivity contribution in [1.82, 2.24) is 0 Å². The van der Waals surface area contributed by atoms with Crippen LogP contribution in [0.2, 0.25) is 0 Å². The molecule has 1 unspecified atom stereocenters. The van der Waals surface area contributed by atoms with Gasteiger partial charge in [0, 0.05) is 18.3 Å². The molecular weight excluding hydrogens is 184 g/mol. The summed E-state index contributed by atoms with van der Waals surface area (Å²) in [4.78, 5) is 11.3. The molecule has 1 heterocycles. The molecule has 1 aliphatic rings. The molecule has 3 heteroatoms. The number of carbonyl (C=O) groups is 1. The number of ether oxygens (including phenoxy) is 1. The predicted molar refractivity (Wildman–Crippen MR) is 56.1 cm³/mol. The van der Waals surface area contributed by atoms with E-state index in [-0.39, 0.29) is 11.5 Å². The lowest BCUT2D eigenvalue weighted by Gasteiger charge is -2.20. The van der Waals surface area contributed by atoms with E-state index in [1.54, 1.807) is 11.8 Å². The quantitative estimate of drug-likeness (QED) is 0.701. The van der Waals surface area contributed by atoms with E-state index in [0.717, 1.165) is 12.2 Å². The molecule has 1 aliphatic heterocycles. The number of Topliss-reactive ketones (excluding diaryl/α,β-unsaturated/α-hetero) is 1. The first kappa shape index (κ1) is 11.1. The first-order valence-electron chi connectivity index (χ1n) is 4.73. The summed E-state index contributed by atoms with van der Waals surface area (Å²) in [5.74, 6) is 2.36. The average Bonchev–Trinajstić information content (AvgIpc) is 2.34. The highest BCUT2D eigenvalue weighted by molar-refractivity contribution is 8.00. The van der Waals surface area contributed by atoms with Crippen LogP contribution in [-0.2, 0) is 9.53 Å². The lowest BCUT2D eigenvalue weighted by Crippen LogP contribution is -2.22. The molecule has 0 aliphatic carbocycles. The Bertz CT molecular complexity index is 184. The molecule has 0 radical (unpaired) electrons. The van der Waals surface area contributed by atoms with Crippen molar-refractivity contribution in [3.63, 3.8) is 0 Å². The van der Waals surface area contributed by atoms with Gasteiger partial charge in [-0.05, 0) is 27.2 Å². The Morgan fingerprint density at radius 2 is 2.23 bits per heavy atom. The van der Waals surface area contributed by atoms with E-state index in [1.807, 2.05) is 20.8 Å². The molecule has 2 nitrogen and oxygen atoms in total. The lowest BCUT2D eigenvalue weighted by atomic mass is 10.0. The molecule has 0 amide bonds. The van der Waals surface area contributed by atoms with Gasteiger partial charge in [0.15, 0.2) is 0 Å². The molecule has 1 saturated heterocycles. The Morgan fingerprint density at radius 3 is 2.69 bits per heavy atom. The van der Waals surface area contributed by atoms with Crippen LogP contribution in [0.25, 0.3) is 0 Å². The van der Waals surface area contributed by atoms with E-state index in [4.69, 9.17) is 4.74 Å². The van der Waals surface area contributed by atoms with E-state index < -0.39 is 0 Å². The van der Waals surface area contributed by atoms with Gasteiger partial charge in [-0.25, -0.2) is 0 Å². The average molecular weight is 202 g/mol. The summed E-state index contributed by atoms with van der Waals surface area (Å²) in [6.07, 6.45) is 0.892. The van der Waals surface area contributed by atoms with E-state index in [9.17, 15) is 4.79 Å². The predicted octanol–water partition coefficient (Wildman–Crippen LogP) is 2.12. The van der Waals surface area contributed by atoms with Crippen LogP contribution < -0.4 is 0 Å². The minimum Gasteiger partial charge on any atom is -0.376 e. The van der Waals surface area contributed by atoms with Crippen molar-refractivity contribution >= 4 is 17.5 Å². The highest BCUT2D eigenvalue weighted by Crippen LogP contribution is 2.23.